The van der Waals surface area contributed by atoms with Gasteiger partial charge in [-0.15, -0.1) is 0 Å². The molecule has 3 aromatic carbocycles. The van der Waals surface area contributed by atoms with Crippen molar-refractivity contribution in [3.05, 3.63) is 111 Å². The Labute approximate surface area is 248 Å². The van der Waals surface area contributed by atoms with E-state index < -0.39 is 0 Å². The molecule has 2 aliphatic rings. The highest BCUT2D eigenvalue weighted by molar-refractivity contribution is 6.40. The number of rotatable bonds is 6. The van der Waals surface area contributed by atoms with Gasteiger partial charge in [0.1, 0.15) is 0 Å². The number of aliphatic hydroxyl groups is 1. The lowest BCUT2D eigenvalue weighted by molar-refractivity contribution is 0.213. The monoisotopic (exact) mass is 592 g/mol. The molecule has 40 heavy (non-hydrogen) atoms. The van der Waals surface area contributed by atoms with Crippen LogP contribution in [0.25, 0.3) is 11.1 Å². The molecule has 2 amide bonds. The summed E-state index contributed by atoms with van der Waals surface area (Å²) in [6, 6.07) is 22.7. The minimum atomic E-state index is -0.313. The van der Waals surface area contributed by atoms with Crippen LogP contribution < -0.4 is 10.2 Å². The lowest BCUT2D eigenvalue weighted by Gasteiger charge is -2.34. The Morgan fingerprint density at radius 2 is 1.65 bits per heavy atom. The van der Waals surface area contributed by atoms with Crippen molar-refractivity contribution in [2.75, 3.05) is 24.6 Å². The fourth-order valence-corrected chi connectivity index (χ4v) is 6.65. The van der Waals surface area contributed by atoms with Crippen molar-refractivity contribution >= 4 is 52.2 Å². The second-order valence-electron chi connectivity index (χ2n) is 10.2. The summed E-state index contributed by atoms with van der Waals surface area (Å²) in [5.74, 6) is 0.0319. The van der Waals surface area contributed by atoms with Crippen molar-refractivity contribution in [1.82, 2.24) is 15.2 Å². The molecule has 0 spiro atoms. The predicted molar refractivity (Wildman–Crippen MR) is 161 cm³/mol. The number of pyridine rings is 1. The first-order valence-electron chi connectivity index (χ1n) is 13.1. The van der Waals surface area contributed by atoms with Crippen LogP contribution in [-0.4, -0.2) is 40.7 Å². The van der Waals surface area contributed by atoms with Gasteiger partial charge in [0.05, 0.1) is 27.1 Å². The third-order valence-corrected chi connectivity index (χ3v) is 8.66. The van der Waals surface area contributed by atoms with Crippen molar-refractivity contribution in [3.63, 3.8) is 0 Å². The summed E-state index contributed by atoms with van der Waals surface area (Å²) in [4.78, 5) is 21.8. The van der Waals surface area contributed by atoms with Crippen molar-refractivity contribution in [3.8, 4) is 11.1 Å². The Bertz CT molecular complexity index is 1550. The summed E-state index contributed by atoms with van der Waals surface area (Å²) in [5.41, 5.74) is 5.83. The molecular weight excluding hydrogens is 567 g/mol. The van der Waals surface area contributed by atoms with E-state index in [-0.39, 0.29) is 24.5 Å². The van der Waals surface area contributed by atoms with Gasteiger partial charge in [-0.1, -0.05) is 71.2 Å². The number of aromatic nitrogens is 1. The minimum Gasteiger partial charge on any atom is -0.396 e. The predicted octanol–water partition coefficient (Wildman–Crippen LogP) is 7.28. The first-order chi connectivity index (χ1) is 19.4. The number of urea groups is 1. The summed E-state index contributed by atoms with van der Waals surface area (Å²) in [6.45, 7) is 2.54. The average Bonchev–Trinajstić information content (AvgIpc) is 3.37. The maximum Gasteiger partial charge on any atom is 0.326 e. The summed E-state index contributed by atoms with van der Waals surface area (Å²) in [6.07, 6.45) is 1.80. The number of carbonyl (C=O) groups excluding carboxylic acids is 1. The highest BCUT2D eigenvalue weighted by atomic mass is 35.5. The first-order valence-corrected chi connectivity index (χ1v) is 14.2. The number of nitrogens with one attached hydrogen (secondary N) is 1. The van der Waals surface area contributed by atoms with Crippen LogP contribution in [0, 0.1) is 5.92 Å². The number of fused-ring (bicyclic) bond motifs is 1. The van der Waals surface area contributed by atoms with Gasteiger partial charge in [-0.25, -0.2) is 4.79 Å². The van der Waals surface area contributed by atoms with E-state index in [0.717, 1.165) is 41.0 Å². The largest absolute Gasteiger partial charge is 0.396 e. The third-order valence-electron chi connectivity index (χ3n) is 7.73. The Morgan fingerprint density at radius 3 is 2.38 bits per heavy atom. The molecule has 9 heteroatoms. The van der Waals surface area contributed by atoms with E-state index in [1.807, 2.05) is 48.5 Å². The number of anilines is 2. The number of hydrogen-bond donors (Lipinski definition) is 2. The fourth-order valence-electron chi connectivity index (χ4n) is 5.85. The molecule has 0 saturated carbocycles. The second kappa shape index (κ2) is 11.4. The number of para-hydroxylation sites is 1. The molecule has 2 N–H and O–H groups in total. The molecule has 3 heterocycles. The zero-order valence-corrected chi connectivity index (χ0v) is 23.8. The van der Waals surface area contributed by atoms with Gasteiger partial charge in [0.15, 0.2) is 0 Å². The highest BCUT2D eigenvalue weighted by Gasteiger charge is 2.37. The van der Waals surface area contributed by atoms with Crippen LogP contribution in [0.5, 0.6) is 0 Å². The van der Waals surface area contributed by atoms with Crippen LogP contribution in [0.3, 0.4) is 0 Å². The molecule has 0 radical (unpaired) electrons. The fraction of sp³-hybridized carbons (Fsp3) is 0.226. The number of benzene rings is 3. The van der Waals surface area contributed by atoms with Gasteiger partial charge in [-0.3, -0.25) is 14.8 Å². The molecule has 1 aromatic heterocycles. The molecular formula is C31H27Cl3N4O2. The van der Waals surface area contributed by atoms with E-state index in [9.17, 15) is 9.90 Å². The Balaban J connectivity index is 1.50. The molecule has 2 unspecified atom stereocenters. The third kappa shape index (κ3) is 5.06. The zero-order valence-electron chi connectivity index (χ0n) is 21.5. The maximum atomic E-state index is 13.4. The lowest BCUT2D eigenvalue weighted by atomic mass is 9.85. The van der Waals surface area contributed by atoms with Gasteiger partial charge in [0.25, 0.3) is 0 Å². The van der Waals surface area contributed by atoms with Crippen molar-refractivity contribution in [1.29, 1.82) is 0 Å². The molecule has 204 valence electrons. The zero-order chi connectivity index (χ0) is 27.8. The topological polar surface area (TPSA) is 68.7 Å². The molecule has 6 rings (SSSR count). The number of nitrogens with zero attached hydrogens (tertiary/aromatic N) is 3. The van der Waals surface area contributed by atoms with Crippen LogP contribution in [0.1, 0.15) is 22.7 Å². The minimum absolute atomic E-state index is 0.00984. The van der Waals surface area contributed by atoms with E-state index in [2.05, 4.69) is 21.3 Å². The Hall–Kier alpha value is -3.13. The summed E-state index contributed by atoms with van der Waals surface area (Å²) < 4.78 is 0. The normalized spacial score (nSPS) is 19.0. The van der Waals surface area contributed by atoms with Crippen LogP contribution in [-0.2, 0) is 13.1 Å². The van der Waals surface area contributed by atoms with Gasteiger partial charge in [0.2, 0.25) is 0 Å². The number of carbonyl (C=O) groups is 1. The molecule has 2 aliphatic heterocycles. The standard InChI is InChI=1S/C31H27Cl3N4O2/c32-26-8-2-1-7-22(26)23-12-19(25-17-37(15-20(25)18-39)16-21-6-3-4-11-35-21)13-29-24(23)14-36-31(40)38(29)30-27(33)9-5-10-28(30)34/h1-13,20,25,39H,14-18H2,(H,36,40). The van der Waals surface area contributed by atoms with Crippen molar-refractivity contribution in [2.45, 2.75) is 19.0 Å². The van der Waals surface area contributed by atoms with E-state index in [4.69, 9.17) is 34.8 Å². The second-order valence-corrected chi connectivity index (χ2v) is 11.4. The average molecular weight is 594 g/mol. The van der Waals surface area contributed by atoms with Gasteiger partial charge in [-0.2, -0.15) is 0 Å². The lowest BCUT2D eigenvalue weighted by Crippen LogP contribution is -2.42. The number of halogens is 3. The van der Waals surface area contributed by atoms with Crippen molar-refractivity contribution < 1.29 is 9.90 Å². The molecule has 1 saturated heterocycles. The van der Waals surface area contributed by atoms with Gasteiger partial charge in [0, 0.05) is 67.0 Å². The SMILES string of the molecule is O=C1NCc2c(-c3ccccc3Cl)cc(C3CN(Cc4ccccn4)CC3CO)cc2N1c1c(Cl)cccc1Cl. The van der Waals surface area contributed by atoms with E-state index in [0.29, 0.717) is 39.5 Å². The van der Waals surface area contributed by atoms with Gasteiger partial charge in [-0.05, 0) is 47.5 Å². The van der Waals surface area contributed by atoms with E-state index in [1.54, 1.807) is 29.3 Å². The number of likely N-dealkylation sites (tertiary alicyclic amines) is 1. The maximum absolute atomic E-state index is 13.4. The van der Waals surface area contributed by atoms with E-state index in [1.165, 1.54) is 0 Å². The van der Waals surface area contributed by atoms with Crippen LogP contribution in [0.15, 0.2) is 79.0 Å². The molecule has 0 aliphatic carbocycles. The highest BCUT2D eigenvalue weighted by Crippen LogP contribution is 2.47. The number of aliphatic hydroxyl groups excluding tert-OH is 1. The van der Waals surface area contributed by atoms with E-state index >= 15 is 0 Å². The molecule has 6 nitrogen and oxygen atoms in total. The molecule has 1 fully saturated rings. The van der Waals surface area contributed by atoms with Crippen molar-refractivity contribution in [2.24, 2.45) is 5.92 Å². The van der Waals surface area contributed by atoms with Crippen LogP contribution >= 0.6 is 34.8 Å². The Kier molecular flexibility index (Phi) is 7.71. The number of hydrogen-bond acceptors (Lipinski definition) is 4. The molecule has 0 bridgehead atoms. The first kappa shape index (κ1) is 27.1. The number of amides is 2. The molecule has 2 atom stereocenters. The van der Waals surface area contributed by atoms with Gasteiger partial charge >= 0.3 is 6.03 Å². The summed E-state index contributed by atoms with van der Waals surface area (Å²) >= 11 is 19.9. The summed E-state index contributed by atoms with van der Waals surface area (Å²) in [7, 11) is 0. The smallest absolute Gasteiger partial charge is 0.326 e. The van der Waals surface area contributed by atoms with Crippen LogP contribution in [0.4, 0.5) is 16.2 Å². The molecule has 4 aromatic rings. The van der Waals surface area contributed by atoms with Gasteiger partial charge < -0.3 is 10.4 Å². The van der Waals surface area contributed by atoms with Crippen LogP contribution in [0.2, 0.25) is 15.1 Å². The Morgan fingerprint density at radius 1 is 0.900 bits per heavy atom. The summed E-state index contributed by atoms with van der Waals surface area (Å²) in [5, 5.41) is 14.8. The quantitative estimate of drug-likeness (QED) is 0.247.